The Labute approximate surface area is 137 Å². The Morgan fingerprint density at radius 2 is 2.12 bits per heavy atom. The van der Waals surface area contributed by atoms with Crippen LogP contribution < -0.4 is 10.2 Å². The smallest absolute Gasteiger partial charge is 0.328 e. The highest BCUT2D eigenvalue weighted by atomic mass is 16.5. The highest BCUT2D eigenvalue weighted by molar-refractivity contribution is 6.07. The molecule has 8 nitrogen and oxygen atoms in total. The van der Waals surface area contributed by atoms with Gasteiger partial charge in [0.2, 0.25) is 5.91 Å². The van der Waals surface area contributed by atoms with E-state index in [0.29, 0.717) is 42.7 Å². The summed E-state index contributed by atoms with van der Waals surface area (Å²) in [5.74, 6) is 0.855. The number of aromatic nitrogens is 2. The zero-order chi connectivity index (χ0) is 16.5. The number of ether oxygens (including phenoxy) is 1. The fourth-order valence-electron chi connectivity index (χ4n) is 2.93. The molecular weight excluding hydrogens is 312 g/mol. The third kappa shape index (κ3) is 2.65. The minimum Gasteiger partial charge on any atom is -0.381 e. The Balaban J connectivity index is 1.66. The number of hydrogen-bond donors (Lipinski definition) is 1. The predicted molar refractivity (Wildman–Crippen MR) is 83.4 cm³/mol. The first-order valence-corrected chi connectivity index (χ1v) is 7.84. The topological polar surface area (TPSA) is 97.6 Å². The number of carbonyl (C=O) groups excluding carboxylic acids is 2. The molecule has 1 aromatic heterocycles. The van der Waals surface area contributed by atoms with E-state index in [0.717, 1.165) is 6.42 Å². The van der Waals surface area contributed by atoms with Gasteiger partial charge in [0.1, 0.15) is 0 Å². The van der Waals surface area contributed by atoms with Crippen molar-refractivity contribution in [3.8, 4) is 11.5 Å². The molecule has 24 heavy (non-hydrogen) atoms. The van der Waals surface area contributed by atoms with Gasteiger partial charge in [-0.3, -0.25) is 15.0 Å². The van der Waals surface area contributed by atoms with Crippen LogP contribution in [0.1, 0.15) is 24.6 Å². The van der Waals surface area contributed by atoms with E-state index in [1.807, 2.05) is 18.2 Å². The Hall–Kier alpha value is -2.74. The largest absolute Gasteiger partial charge is 0.381 e. The standard InChI is InChI=1S/C16H16N4O4/c21-13-5-7-20(16(22)17-13)12-4-2-1-3-11(12)15-18-14(19-24-15)10-6-8-23-9-10/h1-4,10H,5-9H2,(H,17,21,22)/t10-/m1/s1. The number of urea groups is 1. The molecule has 0 radical (unpaired) electrons. The highest BCUT2D eigenvalue weighted by Crippen LogP contribution is 2.32. The number of rotatable bonds is 3. The zero-order valence-corrected chi connectivity index (χ0v) is 12.9. The van der Waals surface area contributed by atoms with Gasteiger partial charge in [-0.2, -0.15) is 4.98 Å². The van der Waals surface area contributed by atoms with E-state index in [-0.39, 0.29) is 18.2 Å². The molecule has 3 amide bonds. The van der Waals surface area contributed by atoms with E-state index in [1.165, 1.54) is 4.90 Å². The van der Waals surface area contributed by atoms with Crippen molar-refractivity contribution in [1.82, 2.24) is 15.5 Å². The van der Waals surface area contributed by atoms with Crippen molar-refractivity contribution < 1.29 is 18.8 Å². The first-order valence-electron chi connectivity index (χ1n) is 7.84. The molecular formula is C16H16N4O4. The number of nitrogens with one attached hydrogen (secondary N) is 1. The number of imide groups is 1. The lowest BCUT2D eigenvalue weighted by atomic mass is 10.1. The zero-order valence-electron chi connectivity index (χ0n) is 12.9. The number of hydrogen-bond acceptors (Lipinski definition) is 6. The molecule has 0 bridgehead atoms. The Morgan fingerprint density at radius 1 is 1.25 bits per heavy atom. The summed E-state index contributed by atoms with van der Waals surface area (Å²) >= 11 is 0. The van der Waals surface area contributed by atoms with Crippen molar-refractivity contribution in [2.75, 3.05) is 24.7 Å². The van der Waals surface area contributed by atoms with Crippen LogP contribution in [0.3, 0.4) is 0 Å². The third-order valence-electron chi connectivity index (χ3n) is 4.22. The summed E-state index contributed by atoms with van der Waals surface area (Å²) in [6.07, 6.45) is 1.13. The van der Waals surface area contributed by atoms with Gasteiger partial charge in [-0.15, -0.1) is 0 Å². The number of carbonyl (C=O) groups is 2. The van der Waals surface area contributed by atoms with Gasteiger partial charge in [-0.25, -0.2) is 4.79 Å². The molecule has 0 unspecified atom stereocenters. The molecule has 2 aromatic rings. The Bertz CT molecular complexity index is 782. The number of anilines is 1. The molecule has 0 aliphatic carbocycles. The predicted octanol–water partition coefficient (Wildman–Crippen LogP) is 1.69. The molecule has 124 valence electrons. The summed E-state index contributed by atoms with van der Waals surface area (Å²) in [7, 11) is 0. The van der Waals surface area contributed by atoms with Crippen LogP contribution in [0.2, 0.25) is 0 Å². The minimum absolute atomic E-state index is 0.144. The summed E-state index contributed by atoms with van der Waals surface area (Å²) in [4.78, 5) is 29.4. The normalized spacial score (nSPS) is 21.2. The third-order valence-corrected chi connectivity index (χ3v) is 4.22. The quantitative estimate of drug-likeness (QED) is 0.921. The lowest BCUT2D eigenvalue weighted by Gasteiger charge is -2.27. The Morgan fingerprint density at radius 3 is 2.92 bits per heavy atom. The van der Waals surface area contributed by atoms with Crippen LogP contribution in [0.15, 0.2) is 28.8 Å². The molecule has 0 spiro atoms. The monoisotopic (exact) mass is 328 g/mol. The lowest BCUT2D eigenvalue weighted by molar-refractivity contribution is -0.120. The molecule has 1 aromatic carbocycles. The van der Waals surface area contributed by atoms with Crippen LogP contribution in [0.5, 0.6) is 0 Å². The molecule has 0 saturated carbocycles. The molecule has 1 N–H and O–H groups in total. The highest BCUT2D eigenvalue weighted by Gasteiger charge is 2.28. The van der Waals surface area contributed by atoms with Crippen LogP contribution >= 0.6 is 0 Å². The van der Waals surface area contributed by atoms with Crippen LogP contribution in [-0.2, 0) is 9.53 Å². The second kappa shape index (κ2) is 6.04. The summed E-state index contributed by atoms with van der Waals surface area (Å²) in [5, 5.41) is 6.37. The number of amides is 3. The minimum atomic E-state index is -0.442. The first-order chi connectivity index (χ1) is 11.7. The molecule has 2 aliphatic rings. The first kappa shape index (κ1) is 14.8. The van der Waals surface area contributed by atoms with Gasteiger partial charge >= 0.3 is 6.03 Å². The summed E-state index contributed by atoms with van der Waals surface area (Å²) in [5.41, 5.74) is 1.31. The lowest BCUT2D eigenvalue weighted by Crippen LogP contribution is -2.49. The molecule has 2 aliphatic heterocycles. The van der Waals surface area contributed by atoms with Crippen LogP contribution in [0, 0.1) is 0 Å². The second-order valence-electron chi connectivity index (χ2n) is 5.79. The fourth-order valence-corrected chi connectivity index (χ4v) is 2.93. The second-order valence-corrected chi connectivity index (χ2v) is 5.79. The number of para-hydroxylation sites is 1. The number of nitrogens with zero attached hydrogens (tertiary/aromatic N) is 3. The average molecular weight is 328 g/mol. The Kier molecular flexibility index (Phi) is 3.73. The maximum Gasteiger partial charge on any atom is 0.328 e. The van der Waals surface area contributed by atoms with Gasteiger partial charge in [0, 0.05) is 25.5 Å². The van der Waals surface area contributed by atoms with Crippen LogP contribution in [0.25, 0.3) is 11.5 Å². The van der Waals surface area contributed by atoms with Gasteiger partial charge < -0.3 is 9.26 Å². The summed E-state index contributed by atoms with van der Waals surface area (Å²) < 4.78 is 10.8. The maximum atomic E-state index is 12.1. The molecule has 8 heteroatoms. The van der Waals surface area contributed by atoms with Gasteiger partial charge in [-0.05, 0) is 18.6 Å². The molecule has 1 atom stereocenters. The van der Waals surface area contributed by atoms with E-state index in [4.69, 9.17) is 9.26 Å². The van der Waals surface area contributed by atoms with E-state index in [9.17, 15) is 9.59 Å². The molecule has 4 rings (SSSR count). The number of benzene rings is 1. The summed E-state index contributed by atoms with van der Waals surface area (Å²) in [6.45, 7) is 1.61. The summed E-state index contributed by atoms with van der Waals surface area (Å²) in [6, 6.07) is 6.84. The van der Waals surface area contributed by atoms with Gasteiger partial charge in [0.15, 0.2) is 5.82 Å². The molecule has 2 saturated heterocycles. The van der Waals surface area contributed by atoms with Gasteiger partial charge in [-0.1, -0.05) is 17.3 Å². The van der Waals surface area contributed by atoms with Crippen LogP contribution in [0.4, 0.5) is 10.5 Å². The fraction of sp³-hybridized carbons (Fsp3) is 0.375. The molecule has 2 fully saturated rings. The van der Waals surface area contributed by atoms with E-state index in [2.05, 4.69) is 15.5 Å². The molecule has 3 heterocycles. The van der Waals surface area contributed by atoms with E-state index < -0.39 is 6.03 Å². The van der Waals surface area contributed by atoms with Gasteiger partial charge in [0.05, 0.1) is 17.9 Å². The average Bonchev–Trinajstić information content (AvgIpc) is 3.26. The van der Waals surface area contributed by atoms with Crippen molar-refractivity contribution in [2.45, 2.75) is 18.8 Å². The van der Waals surface area contributed by atoms with Gasteiger partial charge in [0.25, 0.3) is 5.89 Å². The van der Waals surface area contributed by atoms with Crippen LogP contribution in [-0.4, -0.2) is 41.8 Å². The SMILES string of the molecule is O=C1CCN(c2ccccc2-c2nc([C@@H]3CCOC3)no2)C(=O)N1. The maximum absolute atomic E-state index is 12.1. The van der Waals surface area contributed by atoms with Crippen molar-refractivity contribution in [1.29, 1.82) is 0 Å². The van der Waals surface area contributed by atoms with Crippen molar-refractivity contribution >= 4 is 17.6 Å². The van der Waals surface area contributed by atoms with Crippen molar-refractivity contribution in [3.05, 3.63) is 30.1 Å². The van der Waals surface area contributed by atoms with Crippen molar-refractivity contribution in [3.63, 3.8) is 0 Å². The van der Waals surface area contributed by atoms with E-state index >= 15 is 0 Å². The van der Waals surface area contributed by atoms with Crippen molar-refractivity contribution in [2.24, 2.45) is 0 Å². The van der Waals surface area contributed by atoms with E-state index in [1.54, 1.807) is 6.07 Å².